The van der Waals surface area contributed by atoms with E-state index in [-0.39, 0.29) is 0 Å². The maximum Gasteiger partial charge on any atom is 0.407 e. The monoisotopic (exact) mass is 451 g/mol. The van der Waals surface area contributed by atoms with Crippen molar-refractivity contribution in [3.8, 4) is 0 Å². The van der Waals surface area contributed by atoms with E-state index in [9.17, 15) is 4.79 Å². The van der Waals surface area contributed by atoms with Crippen LogP contribution < -0.4 is 10.6 Å². The topological polar surface area (TPSA) is 81.7 Å². The minimum Gasteiger partial charge on any atom is -0.444 e. The van der Waals surface area contributed by atoms with Gasteiger partial charge in [0.05, 0.1) is 26.4 Å². The number of alkyl carbamates (subject to hydrolysis) is 1. The van der Waals surface area contributed by atoms with Crippen molar-refractivity contribution in [1.82, 2.24) is 10.3 Å². The second-order valence-electron chi connectivity index (χ2n) is 5.94. The second kappa shape index (κ2) is 11.4. The Balaban J connectivity index is 1.88. The van der Waals surface area contributed by atoms with Crippen molar-refractivity contribution in [3.05, 3.63) is 21.9 Å². The number of carbonyl (C=O) groups excluding carboxylic acids is 1. The number of rotatable bonds is 10. The van der Waals surface area contributed by atoms with Gasteiger partial charge in [-0.2, -0.15) is 0 Å². The average Bonchev–Trinajstić information content (AvgIpc) is 2.49. The Morgan fingerprint density at radius 1 is 1.12 bits per heavy atom. The molecule has 1 heterocycles. The summed E-state index contributed by atoms with van der Waals surface area (Å²) in [6.07, 6.45) is 1.38. The maximum atomic E-state index is 11.4. The van der Waals surface area contributed by atoms with E-state index in [4.69, 9.17) is 14.2 Å². The third-order valence-electron chi connectivity index (χ3n) is 2.57. The fourth-order valence-electron chi connectivity index (χ4n) is 1.59. The van der Waals surface area contributed by atoms with Gasteiger partial charge in [0.1, 0.15) is 11.4 Å². The molecule has 8 heteroatoms. The standard InChI is InChI=1S/C16H26IN3O4/c1-16(2,3)24-15(21)19-7-9-23-11-10-22-8-6-18-14-5-4-13(17)12-20-14/h4-5,12H,6-11H2,1-3H3,(H,18,20)(H,19,21). The van der Waals surface area contributed by atoms with Gasteiger partial charge in [-0.15, -0.1) is 0 Å². The van der Waals surface area contributed by atoms with Crippen molar-refractivity contribution in [1.29, 1.82) is 0 Å². The molecule has 7 nitrogen and oxygen atoms in total. The number of hydrogen-bond donors (Lipinski definition) is 2. The van der Waals surface area contributed by atoms with E-state index in [2.05, 4.69) is 38.2 Å². The van der Waals surface area contributed by atoms with E-state index in [0.29, 0.717) is 39.5 Å². The van der Waals surface area contributed by atoms with E-state index in [0.717, 1.165) is 9.39 Å². The number of aromatic nitrogens is 1. The van der Waals surface area contributed by atoms with Crippen molar-refractivity contribution in [2.24, 2.45) is 0 Å². The van der Waals surface area contributed by atoms with Crippen LogP contribution in [0.3, 0.4) is 0 Å². The molecule has 0 unspecified atom stereocenters. The van der Waals surface area contributed by atoms with Gasteiger partial charge in [-0.1, -0.05) is 0 Å². The highest BCUT2D eigenvalue weighted by Crippen LogP contribution is 2.06. The smallest absolute Gasteiger partial charge is 0.407 e. The van der Waals surface area contributed by atoms with Crippen LogP contribution in [0.25, 0.3) is 0 Å². The van der Waals surface area contributed by atoms with Gasteiger partial charge in [0, 0.05) is 22.9 Å². The Hall–Kier alpha value is -1.13. The number of anilines is 1. The van der Waals surface area contributed by atoms with E-state index in [1.165, 1.54) is 0 Å². The molecule has 1 rings (SSSR count). The first-order valence-electron chi connectivity index (χ1n) is 7.84. The van der Waals surface area contributed by atoms with Crippen LogP contribution in [0.4, 0.5) is 10.6 Å². The molecule has 0 aromatic carbocycles. The van der Waals surface area contributed by atoms with Gasteiger partial charge in [-0.05, 0) is 55.5 Å². The van der Waals surface area contributed by atoms with E-state index < -0.39 is 11.7 Å². The van der Waals surface area contributed by atoms with Crippen LogP contribution in [-0.4, -0.2) is 56.2 Å². The molecule has 136 valence electrons. The highest BCUT2D eigenvalue weighted by Gasteiger charge is 2.15. The summed E-state index contributed by atoms with van der Waals surface area (Å²) in [6.45, 7) is 8.56. The van der Waals surface area contributed by atoms with Crippen LogP contribution in [0.15, 0.2) is 18.3 Å². The van der Waals surface area contributed by atoms with Gasteiger partial charge in [0.15, 0.2) is 0 Å². The fraction of sp³-hybridized carbons (Fsp3) is 0.625. The lowest BCUT2D eigenvalue weighted by Crippen LogP contribution is -2.34. The Morgan fingerprint density at radius 3 is 2.38 bits per heavy atom. The zero-order valence-corrected chi connectivity index (χ0v) is 16.6. The molecule has 0 bridgehead atoms. The first-order chi connectivity index (χ1) is 11.4. The predicted molar refractivity (Wildman–Crippen MR) is 101 cm³/mol. The molecular weight excluding hydrogens is 425 g/mol. The molecule has 1 aromatic heterocycles. The normalized spacial score (nSPS) is 11.2. The molecule has 0 aliphatic carbocycles. The van der Waals surface area contributed by atoms with Gasteiger partial charge >= 0.3 is 6.09 Å². The zero-order chi connectivity index (χ0) is 17.8. The number of nitrogens with zero attached hydrogens (tertiary/aromatic N) is 1. The van der Waals surface area contributed by atoms with Gasteiger partial charge in [-0.25, -0.2) is 9.78 Å². The number of amides is 1. The molecule has 0 radical (unpaired) electrons. The molecule has 24 heavy (non-hydrogen) atoms. The summed E-state index contributed by atoms with van der Waals surface area (Å²) in [5, 5.41) is 5.80. The summed E-state index contributed by atoms with van der Waals surface area (Å²) in [6, 6.07) is 3.93. The quantitative estimate of drug-likeness (QED) is 0.421. The zero-order valence-electron chi connectivity index (χ0n) is 14.4. The van der Waals surface area contributed by atoms with Crippen LogP contribution in [-0.2, 0) is 14.2 Å². The van der Waals surface area contributed by atoms with Crippen LogP contribution in [0.1, 0.15) is 20.8 Å². The summed E-state index contributed by atoms with van der Waals surface area (Å²) < 4.78 is 17.0. The lowest BCUT2D eigenvalue weighted by molar-refractivity contribution is 0.0415. The Labute approximate surface area is 157 Å². The maximum absolute atomic E-state index is 11.4. The molecule has 0 spiro atoms. The van der Waals surface area contributed by atoms with Crippen molar-refractivity contribution >= 4 is 34.5 Å². The molecule has 1 aromatic rings. The van der Waals surface area contributed by atoms with Crippen LogP contribution >= 0.6 is 22.6 Å². The number of hydrogen-bond acceptors (Lipinski definition) is 6. The molecule has 0 atom stereocenters. The molecule has 0 fully saturated rings. The molecule has 1 amide bonds. The van der Waals surface area contributed by atoms with Gasteiger partial charge < -0.3 is 24.8 Å². The van der Waals surface area contributed by atoms with E-state index >= 15 is 0 Å². The minimum absolute atomic E-state index is 0.412. The highest BCUT2D eigenvalue weighted by atomic mass is 127. The number of nitrogens with one attached hydrogen (secondary N) is 2. The number of ether oxygens (including phenoxy) is 3. The lowest BCUT2D eigenvalue weighted by Gasteiger charge is -2.19. The van der Waals surface area contributed by atoms with Gasteiger partial charge in [0.2, 0.25) is 0 Å². The van der Waals surface area contributed by atoms with Crippen molar-refractivity contribution in [2.45, 2.75) is 26.4 Å². The summed E-state index contributed by atoms with van der Waals surface area (Å²) in [5.41, 5.74) is -0.486. The average molecular weight is 451 g/mol. The molecule has 0 saturated carbocycles. The largest absolute Gasteiger partial charge is 0.444 e. The third-order valence-corrected chi connectivity index (χ3v) is 3.20. The number of carbonyl (C=O) groups is 1. The Morgan fingerprint density at radius 2 is 1.79 bits per heavy atom. The minimum atomic E-state index is -0.486. The summed E-state index contributed by atoms with van der Waals surface area (Å²) >= 11 is 2.22. The first kappa shape index (κ1) is 20.9. The second-order valence-corrected chi connectivity index (χ2v) is 7.19. The van der Waals surface area contributed by atoms with Crippen LogP contribution in [0, 0.1) is 3.57 Å². The van der Waals surface area contributed by atoms with Crippen molar-refractivity contribution < 1.29 is 19.0 Å². The van der Waals surface area contributed by atoms with E-state index in [1.54, 1.807) is 0 Å². The summed E-state index contributed by atoms with van der Waals surface area (Å²) in [5.74, 6) is 0.837. The lowest BCUT2D eigenvalue weighted by atomic mass is 10.2. The van der Waals surface area contributed by atoms with Crippen LogP contribution in [0.2, 0.25) is 0 Å². The highest BCUT2D eigenvalue weighted by molar-refractivity contribution is 14.1. The Kier molecular flexibility index (Phi) is 9.96. The molecule has 2 N–H and O–H groups in total. The fourth-order valence-corrected chi connectivity index (χ4v) is 1.91. The van der Waals surface area contributed by atoms with Crippen molar-refractivity contribution in [3.63, 3.8) is 0 Å². The molecular formula is C16H26IN3O4. The van der Waals surface area contributed by atoms with Crippen LogP contribution in [0.5, 0.6) is 0 Å². The third kappa shape index (κ3) is 11.4. The van der Waals surface area contributed by atoms with Gasteiger partial charge in [-0.3, -0.25) is 0 Å². The van der Waals surface area contributed by atoms with Crippen molar-refractivity contribution in [2.75, 3.05) is 44.8 Å². The first-order valence-corrected chi connectivity index (χ1v) is 8.92. The Bertz CT molecular complexity index is 477. The molecule has 0 aliphatic heterocycles. The summed E-state index contributed by atoms with van der Waals surface area (Å²) in [4.78, 5) is 15.6. The van der Waals surface area contributed by atoms with Gasteiger partial charge in [0.25, 0.3) is 0 Å². The SMILES string of the molecule is CC(C)(C)OC(=O)NCCOCCOCCNc1ccc(I)cn1. The molecule has 0 saturated heterocycles. The summed E-state index contributed by atoms with van der Waals surface area (Å²) in [7, 11) is 0. The number of pyridine rings is 1. The molecule has 0 aliphatic rings. The predicted octanol–water partition coefficient (Wildman–Crippen LogP) is 2.66. The number of halogens is 1. The van der Waals surface area contributed by atoms with E-state index in [1.807, 2.05) is 39.1 Å².